The molecule has 0 aromatic heterocycles. The highest BCUT2D eigenvalue weighted by molar-refractivity contribution is 6.05. The second-order valence-electron chi connectivity index (χ2n) is 3.26. The molecule has 0 saturated carbocycles. The third-order valence-corrected chi connectivity index (χ3v) is 2.41. The van der Waals surface area contributed by atoms with Gasteiger partial charge in [0.2, 0.25) is 0 Å². The van der Waals surface area contributed by atoms with E-state index >= 15 is 0 Å². The van der Waals surface area contributed by atoms with E-state index in [0.717, 1.165) is 10.8 Å². The van der Waals surface area contributed by atoms with Gasteiger partial charge in [-0.15, -0.1) is 0 Å². The lowest BCUT2D eigenvalue weighted by Gasteiger charge is -2.09. The Kier molecular flexibility index (Phi) is 2.29. The molecule has 0 bridgehead atoms. The molecule has 0 unspecified atom stereocenters. The molecule has 0 heterocycles. The van der Waals surface area contributed by atoms with Gasteiger partial charge >= 0.3 is 5.97 Å². The number of nitrogens with one attached hydrogen (secondary N) is 1. The molecule has 3 nitrogen and oxygen atoms in total. The first-order valence-corrected chi connectivity index (χ1v) is 4.67. The smallest absolute Gasteiger partial charge is 0.337 e. The van der Waals surface area contributed by atoms with Gasteiger partial charge in [0.1, 0.15) is 0 Å². The van der Waals surface area contributed by atoms with Crippen molar-refractivity contribution in [3.05, 3.63) is 42.0 Å². The molecule has 15 heavy (non-hydrogen) atoms. The molecule has 76 valence electrons. The predicted molar refractivity (Wildman–Crippen MR) is 60.5 cm³/mol. The van der Waals surface area contributed by atoms with Crippen LogP contribution in [0.1, 0.15) is 10.4 Å². The van der Waals surface area contributed by atoms with Gasteiger partial charge in [-0.3, -0.25) is 0 Å². The van der Waals surface area contributed by atoms with E-state index in [1.165, 1.54) is 0 Å². The number of rotatable bonds is 2. The molecule has 0 amide bonds. The van der Waals surface area contributed by atoms with Crippen molar-refractivity contribution in [2.75, 3.05) is 12.4 Å². The molecule has 0 saturated heterocycles. The minimum absolute atomic E-state index is 0.302. The summed E-state index contributed by atoms with van der Waals surface area (Å²) in [5.41, 5.74) is 0.969. The van der Waals surface area contributed by atoms with E-state index in [1.54, 1.807) is 13.1 Å². The standard InChI is InChI=1S/C12H11NO2/c1-13-11-9-5-3-2-4-8(9)6-7-10(11)12(14)15/h2-7,13H,1H3,(H,14,15). The summed E-state index contributed by atoms with van der Waals surface area (Å²) in [6.45, 7) is 0. The highest BCUT2D eigenvalue weighted by Crippen LogP contribution is 2.26. The zero-order valence-electron chi connectivity index (χ0n) is 8.32. The highest BCUT2D eigenvalue weighted by Gasteiger charge is 2.11. The topological polar surface area (TPSA) is 49.3 Å². The number of hydrogen-bond donors (Lipinski definition) is 2. The van der Waals surface area contributed by atoms with E-state index in [4.69, 9.17) is 5.11 Å². The molecule has 0 radical (unpaired) electrons. The van der Waals surface area contributed by atoms with Crippen LogP contribution < -0.4 is 5.32 Å². The maximum absolute atomic E-state index is 11.0. The first kappa shape index (κ1) is 9.52. The van der Waals surface area contributed by atoms with Gasteiger partial charge in [-0.25, -0.2) is 4.79 Å². The van der Waals surface area contributed by atoms with Gasteiger partial charge in [0.15, 0.2) is 0 Å². The van der Waals surface area contributed by atoms with Crippen molar-refractivity contribution >= 4 is 22.4 Å². The van der Waals surface area contributed by atoms with Crippen molar-refractivity contribution in [1.29, 1.82) is 0 Å². The van der Waals surface area contributed by atoms with E-state index < -0.39 is 5.97 Å². The lowest BCUT2D eigenvalue weighted by molar-refractivity contribution is 0.0698. The van der Waals surface area contributed by atoms with Crippen LogP contribution in [0.3, 0.4) is 0 Å². The maximum Gasteiger partial charge on any atom is 0.337 e. The molecule has 2 N–H and O–H groups in total. The van der Waals surface area contributed by atoms with Crippen molar-refractivity contribution in [2.24, 2.45) is 0 Å². The van der Waals surface area contributed by atoms with E-state index in [9.17, 15) is 4.79 Å². The quantitative estimate of drug-likeness (QED) is 0.785. The Hall–Kier alpha value is -2.03. The van der Waals surface area contributed by atoms with Crippen molar-refractivity contribution in [1.82, 2.24) is 0 Å². The fourth-order valence-corrected chi connectivity index (χ4v) is 1.72. The third-order valence-electron chi connectivity index (χ3n) is 2.41. The minimum Gasteiger partial charge on any atom is -0.478 e. The summed E-state index contributed by atoms with van der Waals surface area (Å²) in [5, 5.41) is 13.9. The Labute approximate surface area is 87.3 Å². The Morgan fingerprint density at radius 1 is 1.20 bits per heavy atom. The predicted octanol–water partition coefficient (Wildman–Crippen LogP) is 2.58. The molecule has 3 heteroatoms. The second kappa shape index (κ2) is 3.61. The Balaban J connectivity index is 2.81. The number of carbonyl (C=O) groups is 1. The maximum atomic E-state index is 11.0. The second-order valence-corrected chi connectivity index (χ2v) is 3.26. The number of hydrogen-bond acceptors (Lipinski definition) is 2. The Morgan fingerprint density at radius 3 is 2.60 bits per heavy atom. The number of aromatic carboxylic acids is 1. The summed E-state index contributed by atoms with van der Waals surface area (Å²) in [7, 11) is 1.73. The molecule has 0 spiro atoms. The molecule has 0 aliphatic carbocycles. The summed E-state index contributed by atoms with van der Waals surface area (Å²) in [6, 6.07) is 11.1. The molecule has 2 aromatic rings. The van der Waals surface area contributed by atoms with E-state index in [0.29, 0.717) is 11.3 Å². The number of carboxylic acids is 1. The number of carboxylic acid groups (broad SMARTS) is 1. The van der Waals surface area contributed by atoms with Crippen LogP contribution >= 0.6 is 0 Å². The summed E-state index contributed by atoms with van der Waals surface area (Å²) in [6.07, 6.45) is 0. The van der Waals surface area contributed by atoms with E-state index in [-0.39, 0.29) is 0 Å². The lowest BCUT2D eigenvalue weighted by atomic mass is 10.0. The molecular weight excluding hydrogens is 190 g/mol. The molecular formula is C12H11NO2. The summed E-state index contributed by atoms with van der Waals surface area (Å²) in [5.74, 6) is -0.912. The zero-order valence-corrected chi connectivity index (χ0v) is 8.32. The van der Waals surface area contributed by atoms with Crippen molar-refractivity contribution in [2.45, 2.75) is 0 Å². The summed E-state index contributed by atoms with van der Waals surface area (Å²) in [4.78, 5) is 11.0. The van der Waals surface area contributed by atoms with Crippen LogP contribution in [0.15, 0.2) is 36.4 Å². The van der Waals surface area contributed by atoms with Crippen LogP contribution in [0.2, 0.25) is 0 Å². The van der Waals surface area contributed by atoms with Gasteiger partial charge in [-0.2, -0.15) is 0 Å². The number of fused-ring (bicyclic) bond motifs is 1. The summed E-state index contributed by atoms with van der Waals surface area (Å²) < 4.78 is 0. The van der Waals surface area contributed by atoms with Gasteiger partial charge < -0.3 is 10.4 Å². The molecule has 2 rings (SSSR count). The van der Waals surface area contributed by atoms with Gasteiger partial charge in [-0.05, 0) is 11.5 Å². The van der Waals surface area contributed by atoms with Gasteiger partial charge in [0.05, 0.1) is 11.3 Å². The van der Waals surface area contributed by atoms with Crippen molar-refractivity contribution < 1.29 is 9.90 Å². The Morgan fingerprint density at radius 2 is 1.93 bits per heavy atom. The Bertz CT molecular complexity index is 520. The van der Waals surface area contributed by atoms with Crippen molar-refractivity contribution in [3.8, 4) is 0 Å². The van der Waals surface area contributed by atoms with Crippen LogP contribution in [0.4, 0.5) is 5.69 Å². The average molecular weight is 201 g/mol. The van der Waals surface area contributed by atoms with E-state index in [2.05, 4.69) is 5.32 Å². The van der Waals surface area contributed by atoms with Crippen LogP contribution in [0, 0.1) is 0 Å². The first-order valence-electron chi connectivity index (χ1n) is 4.67. The van der Waals surface area contributed by atoms with Gasteiger partial charge in [0.25, 0.3) is 0 Å². The highest BCUT2D eigenvalue weighted by atomic mass is 16.4. The van der Waals surface area contributed by atoms with Gasteiger partial charge in [0, 0.05) is 12.4 Å². The SMILES string of the molecule is CNc1c(C(=O)O)ccc2ccccc12. The zero-order chi connectivity index (χ0) is 10.8. The average Bonchev–Trinajstić information content (AvgIpc) is 2.27. The molecule has 2 aromatic carbocycles. The van der Waals surface area contributed by atoms with Crippen LogP contribution in [-0.2, 0) is 0 Å². The minimum atomic E-state index is -0.912. The van der Waals surface area contributed by atoms with E-state index in [1.807, 2.05) is 30.3 Å². The van der Waals surface area contributed by atoms with Crippen LogP contribution in [0.25, 0.3) is 10.8 Å². The summed E-state index contributed by atoms with van der Waals surface area (Å²) >= 11 is 0. The molecule has 0 fully saturated rings. The van der Waals surface area contributed by atoms with Crippen LogP contribution in [0.5, 0.6) is 0 Å². The normalized spacial score (nSPS) is 10.2. The molecule has 0 atom stereocenters. The fraction of sp³-hybridized carbons (Fsp3) is 0.0833. The molecule has 0 aliphatic heterocycles. The third kappa shape index (κ3) is 1.52. The fourth-order valence-electron chi connectivity index (χ4n) is 1.72. The lowest BCUT2D eigenvalue weighted by Crippen LogP contribution is -2.02. The first-order chi connectivity index (χ1) is 7.24. The van der Waals surface area contributed by atoms with Crippen molar-refractivity contribution in [3.63, 3.8) is 0 Å². The van der Waals surface area contributed by atoms with Gasteiger partial charge in [-0.1, -0.05) is 30.3 Å². The number of anilines is 1. The monoisotopic (exact) mass is 201 g/mol. The molecule has 0 aliphatic rings. The van der Waals surface area contributed by atoms with Crippen LogP contribution in [-0.4, -0.2) is 18.1 Å². The largest absolute Gasteiger partial charge is 0.478 e. The number of benzene rings is 2.